The summed E-state index contributed by atoms with van der Waals surface area (Å²) in [5.41, 5.74) is 0.734. The second-order valence-electron chi connectivity index (χ2n) is 7.03. The topological polar surface area (TPSA) is 80.9 Å². The molecule has 0 aliphatic heterocycles. The Balaban J connectivity index is 1.84. The number of methoxy groups -OCH3 is 1. The van der Waals surface area contributed by atoms with Gasteiger partial charge in [0.25, 0.3) is 0 Å². The fourth-order valence-corrected chi connectivity index (χ4v) is 2.34. The van der Waals surface area contributed by atoms with Gasteiger partial charge in [0, 0.05) is 24.5 Å². The zero-order chi connectivity index (χ0) is 19.3. The molecule has 7 heteroatoms. The summed E-state index contributed by atoms with van der Waals surface area (Å²) in [6.45, 7) is 6.51. The summed E-state index contributed by atoms with van der Waals surface area (Å²) in [5.74, 6) is 0.293. The highest BCUT2D eigenvalue weighted by atomic mass is 16.6. The molecule has 0 saturated carbocycles. The molecule has 0 fully saturated rings. The highest BCUT2D eigenvalue weighted by molar-refractivity contribution is 5.95. The average molecular weight is 362 g/mol. The number of carbonyl (C=O) groups is 2. The van der Waals surface area contributed by atoms with Crippen LogP contribution in [0.3, 0.4) is 0 Å². The minimum atomic E-state index is -0.503. The number of esters is 1. The molecule has 26 heavy (non-hydrogen) atoms. The van der Waals surface area contributed by atoms with E-state index in [1.807, 2.05) is 39.0 Å². The first-order valence-corrected chi connectivity index (χ1v) is 8.47. The van der Waals surface area contributed by atoms with Crippen molar-refractivity contribution in [1.82, 2.24) is 9.88 Å². The highest BCUT2D eigenvalue weighted by Crippen LogP contribution is 2.22. The standard InChI is InChI=1S/C19H26N2O5/c1-19(2,3)26-18(23)21(4)9-6-10-25-14-7-8-15-13(11-14)12-16(20-15)17(22)24-5/h7-8,11-12,20H,6,9-10H2,1-5H3. The molecule has 0 bridgehead atoms. The lowest BCUT2D eigenvalue weighted by Gasteiger charge is -2.24. The van der Waals surface area contributed by atoms with Gasteiger partial charge < -0.3 is 24.1 Å². The van der Waals surface area contributed by atoms with Crippen molar-refractivity contribution in [2.45, 2.75) is 32.8 Å². The first-order chi connectivity index (χ1) is 12.2. The van der Waals surface area contributed by atoms with Crippen molar-refractivity contribution in [3.8, 4) is 5.75 Å². The van der Waals surface area contributed by atoms with Crippen LogP contribution in [-0.4, -0.2) is 54.9 Å². The Morgan fingerprint density at radius 2 is 1.92 bits per heavy atom. The quantitative estimate of drug-likeness (QED) is 0.627. The van der Waals surface area contributed by atoms with Crippen LogP contribution in [0.25, 0.3) is 10.9 Å². The maximum atomic E-state index is 11.9. The van der Waals surface area contributed by atoms with Gasteiger partial charge in [0.15, 0.2) is 0 Å². The van der Waals surface area contributed by atoms with E-state index in [1.165, 1.54) is 12.0 Å². The molecule has 1 aromatic heterocycles. The van der Waals surface area contributed by atoms with Crippen LogP contribution in [0, 0.1) is 0 Å². The van der Waals surface area contributed by atoms with E-state index < -0.39 is 11.6 Å². The smallest absolute Gasteiger partial charge is 0.410 e. The van der Waals surface area contributed by atoms with Crippen molar-refractivity contribution in [1.29, 1.82) is 0 Å². The Morgan fingerprint density at radius 3 is 2.58 bits per heavy atom. The van der Waals surface area contributed by atoms with Crippen LogP contribution in [0.4, 0.5) is 4.79 Å². The van der Waals surface area contributed by atoms with Crippen LogP contribution in [-0.2, 0) is 9.47 Å². The van der Waals surface area contributed by atoms with E-state index in [9.17, 15) is 9.59 Å². The number of nitrogens with one attached hydrogen (secondary N) is 1. The first-order valence-electron chi connectivity index (χ1n) is 8.47. The second kappa shape index (κ2) is 8.12. The fourth-order valence-electron chi connectivity index (χ4n) is 2.34. The fraction of sp³-hybridized carbons (Fsp3) is 0.474. The summed E-state index contributed by atoms with van der Waals surface area (Å²) in [5, 5.41) is 0.869. The zero-order valence-electron chi connectivity index (χ0n) is 15.9. The molecule has 0 aliphatic rings. The molecule has 0 spiro atoms. The Labute approximate surface area is 153 Å². The predicted octanol–water partition coefficient (Wildman–Crippen LogP) is 3.59. The summed E-state index contributed by atoms with van der Waals surface area (Å²) in [4.78, 5) is 28.0. The van der Waals surface area contributed by atoms with E-state index in [-0.39, 0.29) is 6.09 Å². The number of amides is 1. The van der Waals surface area contributed by atoms with Crippen molar-refractivity contribution in [2.24, 2.45) is 0 Å². The average Bonchev–Trinajstić information content (AvgIpc) is 2.99. The van der Waals surface area contributed by atoms with E-state index in [0.717, 1.165) is 10.9 Å². The third-order valence-corrected chi connectivity index (χ3v) is 3.61. The summed E-state index contributed by atoms with van der Waals surface area (Å²) < 4.78 is 15.7. The molecule has 2 rings (SSSR count). The third kappa shape index (κ3) is 5.40. The number of rotatable bonds is 6. The third-order valence-electron chi connectivity index (χ3n) is 3.61. The Morgan fingerprint density at radius 1 is 1.19 bits per heavy atom. The Bertz CT molecular complexity index is 776. The van der Waals surface area contributed by atoms with Gasteiger partial charge in [-0.15, -0.1) is 0 Å². The molecule has 1 N–H and O–H groups in total. The van der Waals surface area contributed by atoms with Crippen LogP contribution in [0.2, 0.25) is 0 Å². The van der Waals surface area contributed by atoms with Gasteiger partial charge >= 0.3 is 12.1 Å². The van der Waals surface area contributed by atoms with Crippen molar-refractivity contribution >= 4 is 23.0 Å². The molecular formula is C19H26N2O5. The van der Waals surface area contributed by atoms with Crippen molar-refractivity contribution in [3.05, 3.63) is 30.0 Å². The maximum absolute atomic E-state index is 11.9. The molecule has 0 aliphatic carbocycles. The van der Waals surface area contributed by atoms with Gasteiger partial charge in [-0.1, -0.05) is 0 Å². The predicted molar refractivity (Wildman–Crippen MR) is 98.6 cm³/mol. The molecule has 1 aromatic carbocycles. The zero-order valence-corrected chi connectivity index (χ0v) is 15.9. The lowest BCUT2D eigenvalue weighted by molar-refractivity contribution is 0.0292. The SMILES string of the molecule is COC(=O)c1cc2cc(OCCCN(C)C(=O)OC(C)(C)C)ccc2[nH]1. The lowest BCUT2D eigenvalue weighted by atomic mass is 10.2. The normalized spacial score (nSPS) is 11.3. The maximum Gasteiger partial charge on any atom is 0.410 e. The van der Waals surface area contributed by atoms with Crippen molar-refractivity contribution in [3.63, 3.8) is 0 Å². The first kappa shape index (κ1) is 19.6. The molecule has 7 nitrogen and oxygen atoms in total. The molecule has 0 atom stereocenters. The molecule has 2 aromatic rings. The van der Waals surface area contributed by atoms with Crippen LogP contribution in [0.1, 0.15) is 37.7 Å². The van der Waals surface area contributed by atoms with Gasteiger partial charge in [0.2, 0.25) is 0 Å². The Kier molecular flexibility index (Phi) is 6.13. The number of hydrogen-bond acceptors (Lipinski definition) is 5. The van der Waals surface area contributed by atoms with Gasteiger partial charge in [-0.05, 0) is 51.5 Å². The van der Waals surface area contributed by atoms with Gasteiger partial charge in [0.1, 0.15) is 17.0 Å². The summed E-state index contributed by atoms with van der Waals surface area (Å²) in [6.07, 6.45) is 0.329. The summed E-state index contributed by atoms with van der Waals surface area (Å²) in [7, 11) is 3.05. The lowest BCUT2D eigenvalue weighted by Crippen LogP contribution is -2.35. The minimum absolute atomic E-state index is 0.346. The van der Waals surface area contributed by atoms with E-state index >= 15 is 0 Å². The number of nitrogens with zero attached hydrogens (tertiary/aromatic N) is 1. The number of benzene rings is 1. The van der Waals surface area contributed by atoms with E-state index in [0.29, 0.717) is 31.0 Å². The molecule has 142 valence electrons. The van der Waals surface area contributed by atoms with Gasteiger partial charge in [-0.3, -0.25) is 0 Å². The summed E-state index contributed by atoms with van der Waals surface area (Å²) in [6, 6.07) is 7.27. The van der Waals surface area contributed by atoms with Gasteiger partial charge in [-0.25, -0.2) is 9.59 Å². The number of fused-ring (bicyclic) bond motifs is 1. The number of H-pyrrole nitrogens is 1. The van der Waals surface area contributed by atoms with E-state index in [2.05, 4.69) is 4.98 Å². The number of hydrogen-bond donors (Lipinski definition) is 1. The van der Waals surface area contributed by atoms with Crippen LogP contribution in [0.5, 0.6) is 5.75 Å². The number of aromatic amines is 1. The highest BCUT2D eigenvalue weighted by Gasteiger charge is 2.19. The summed E-state index contributed by atoms with van der Waals surface area (Å²) >= 11 is 0. The monoisotopic (exact) mass is 362 g/mol. The van der Waals surface area contributed by atoms with E-state index in [4.69, 9.17) is 14.2 Å². The van der Waals surface area contributed by atoms with Crippen LogP contribution < -0.4 is 4.74 Å². The van der Waals surface area contributed by atoms with Crippen LogP contribution >= 0.6 is 0 Å². The minimum Gasteiger partial charge on any atom is -0.494 e. The largest absolute Gasteiger partial charge is 0.494 e. The molecule has 1 amide bonds. The van der Waals surface area contributed by atoms with E-state index in [1.54, 1.807) is 13.1 Å². The number of aromatic nitrogens is 1. The molecule has 0 saturated heterocycles. The van der Waals surface area contributed by atoms with Crippen LogP contribution in [0.15, 0.2) is 24.3 Å². The van der Waals surface area contributed by atoms with Gasteiger partial charge in [0.05, 0.1) is 13.7 Å². The van der Waals surface area contributed by atoms with Gasteiger partial charge in [-0.2, -0.15) is 0 Å². The molecular weight excluding hydrogens is 336 g/mol. The number of carbonyl (C=O) groups excluding carboxylic acids is 2. The second-order valence-corrected chi connectivity index (χ2v) is 7.03. The molecule has 0 radical (unpaired) electrons. The molecule has 0 unspecified atom stereocenters. The molecule has 1 heterocycles. The Hall–Kier alpha value is -2.70. The van der Waals surface area contributed by atoms with Crippen molar-refractivity contribution in [2.75, 3.05) is 27.3 Å². The van der Waals surface area contributed by atoms with Crippen molar-refractivity contribution < 1.29 is 23.8 Å². The number of ether oxygens (including phenoxy) is 3.